The van der Waals surface area contributed by atoms with E-state index in [0.29, 0.717) is 29.4 Å². The zero-order valence-electron chi connectivity index (χ0n) is 17.9. The molecule has 2 N–H and O–H groups in total. The number of anilines is 1. The summed E-state index contributed by atoms with van der Waals surface area (Å²) in [5.41, 5.74) is 2.81. The Hall–Kier alpha value is -2.41. The van der Waals surface area contributed by atoms with E-state index >= 15 is 0 Å². The van der Waals surface area contributed by atoms with Crippen molar-refractivity contribution < 1.29 is 14.3 Å². The zero-order chi connectivity index (χ0) is 21.6. The van der Waals surface area contributed by atoms with Crippen LogP contribution in [0.4, 0.5) is 5.69 Å². The van der Waals surface area contributed by atoms with Gasteiger partial charge in [-0.25, -0.2) is 4.79 Å². The van der Waals surface area contributed by atoms with Crippen molar-refractivity contribution in [2.75, 3.05) is 19.0 Å². The molecule has 1 aliphatic rings. The highest BCUT2D eigenvalue weighted by atomic mass is 32.1. The van der Waals surface area contributed by atoms with E-state index in [4.69, 9.17) is 17.0 Å². The van der Waals surface area contributed by atoms with Crippen LogP contribution in [0.15, 0.2) is 35.5 Å². The van der Waals surface area contributed by atoms with E-state index in [2.05, 4.69) is 17.6 Å². The van der Waals surface area contributed by atoms with Crippen LogP contribution in [0.3, 0.4) is 0 Å². The van der Waals surface area contributed by atoms with Gasteiger partial charge in [0.15, 0.2) is 5.11 Å². The molecule has 1 aliphatic heterocycles. The number of ether oxygens (including phenoxy) is 1. The number of thiocarbonyl (C=S) groups is 1. The van der Waals surface area contributed by atoms with Gasteiger partial charge in [0.2, 0.25) is 5.91 Å². The van der Waals surface area contributed by atoms with Crippen LogP contribution in [-0.2, 0) is 14.3 Å². The van der Waals surface area contributed by atoms with E-state index < -0.39 is 6.04 Å². The molecule has 0 unspecified atom stereocenters. The minimum atomic E-state index is -0.439. The van der Waals surface area contributed by atoms with Crippen LogP contribution >= 0.6 is 12.2 Å². The SMILES string of the molecule is CCCCC(=O)Nc1cccc([C@H]2NC(=S)N(C)C(C)=C2C(=O)OCC(C)C)c1. The summed E-state index contributed by atoms with van der Waals surface area (Å²) < 4.78 is 5.51. The molecule has 0 radical (unpaired) electrons. The minimum Gasteiger partial charge on any atom is -0.462 e. The van der Waals surface area contributed by atoms with E-state index in [0.717, 1.165) is 24.1 Å². The highest BCUT2D eigenvalue weighted by Crippen LogP contribution is 2.32. The summed E-state index contributed by atoms with van der Waals surface area (Å²) in [6, 6.07) is 7.05. The van der Waals surface area contributed by atoms with Crippen LogP contribution in [0.2, 0.25) is 0 Å². The molecule has 6 nitrogen and oxygen atoms in total. The van der Waals surface area contributed by atoms with Crippen molar-refractivity contribution >= 4 is 34.9 Å². The molecular weight excluding hydrogens is 386 g/mol. The predicted molar refractivity (Wildman–Crippen MR) is 119 cm³/mol. The predicted octanol–water partition coefficient (Wildman–Crippen LogP) is 4.15. The van der Waals surface area contributed by atoms with Crippen LogP contribution < -0.4 is 10.6 Å². The number of nitrogens with one attached hydrogen (secondary N) is 2. The third kappa shape index (κ3) is 6.03. The lowest BCUT2D eigenvalue weighted by atomic mass is 9.94. The summed E-state index contributed by atoms with van der Waals surface area (Å²) >= 11 is 5.44. The number of allylic oxidation sites excluding steroid dienone is 1. The third-order valence-electron chi connectivity index (χ3n) is 4.78. The minimum absolute atomic E-state index is 0.0147. The average molecular weight is 418 g/mol. The molecule has 158 valence electrons. The lowest BCUT2D eigenvalue weighted by Gasteiger charge is -2.35. The van der Waals surface area contributed by atoms with E-state index in [1.165, 1.54) is 0 Å². The van der Waals surface area contributed by atoms with Gasteiger partial charge in [-0.15, -0.1) is 0 Å². The molecule has 0 aromatic heterocycles. The highest BCUT2D eigenvalue weighted by molar-refractivity contribution is 7.80. The second-order valence-corrected chi connectivity index (χ2v) is 8.10. The number of carbonyl (C=O) groups excluding carboxylic acids is 2. The van der Waals surface area contributed by atoms with Gasteiger partial charge in [-0.05, 0) is 49.2 Å². The van der Waals surface area contributed by atoms with E-state index in [1.54, 1.807) is 4.90 Å². The number of nitrogens with zero attached hydrogens (tertiary/aromatic N) is 1. The average Bonchev–Trinajstić information content (AvgIpc) is 2.68. The molecule has 0 aliphatic carbocycles. The lowest BCUT2D eigenvalue weighted by Crippen LogP contribution is -2.46. The summed E-state index contributed by atoms with van der Waals surface area (Å²) in [6.45, 7) is 8.26. The molecule has 1 amide bonds. The van der Waals surface area contributed by atoms with Crippen molar-refractivity contribution in [1.29, 1.82) is 0 Å². The first-order valence-corrected chi connectivity index (χ1v) is 10.5. The molecule has 0 bridgehead atoms. The van der Waals surface area contributed by atoms with Gasteiger partial charge in [0.1, 0.15) is 0 Å². The van der Waals surface area contributed by atoms with Crippen LogP contribution in [-0.4, -0.2) is 35.5 Å². The summed E-state index contributed by atoms with van der Waals surface area (Å²) in [5.74, 6) is -0.130. The van der Waals surface area contributed by atoms with Crippen LogP contribution in [0.1, 0.15) is 58.6 Å². The van der Waals surface area contributed by atoms with Crippen molar-refractivity contribution in [2.24, 2.45) is 5.92 Å². The van der Waals surface area contributed by atoms with Gasteiger partial charge >= 0.3 is 5.97 Å². The Bertz CT molecular complexity index is 804. The fourth-order valence-electron chi connectivity index (χ4n) is 3.03. The Balaban J connectivity index is 2.32. The Morgan fingerprint density at radius 1 is 1.34 bits per heavy atom. The molecule has 1 aromatic rings. The Morgan fingerprint density at radius 3 is 2.72 bits per heavy atom. The van der Waals surface area contributed by atoms with E-state index in [-0.39, 0.29) is 17.8 Å². The van der Waals surface area contributed by atoms with E-state index in [1.807, 2.05) is 52.1 Å². The van der Waals surface area contributed by atoms with Gasteiger partial charge in [0.25, 0.3) is 0 Å². The number of hydrogen-bond donors (Lipinski definition) is 2. The van der Waals surface area contributed by atoms with Gasteiger partial charge < -0.3 is 20.3 Å². The molecule has 0 saturated carbocycles. The number of benzene rings is 1. The van der Waals surface area contributed by atoms with Crippen molar-refractivity contribution in [3.8, 4) is 0 Å². The third-order valence-corrected chi connectivity index (χ3v) is 5.17. The molecule has 1 aromatic carbocycles. The van der Waals surface area contributed by atoms with Crippen molar-refractivity contribution in [1.82, 2.24) is 10.2 Å². The second kappa shape index (κ2) is 10.4. The standard InChI is InChI=1S/C22H31N3O3S/c1-6-7-11-18(26)23-17-10-8-9-16(12-17)20-19(21(27)28-13-14(2)3)15(4)25(5)22(29)24-20/h8-10,12,14,20H,6-7,11,13H2,1-5H3,(H,23,26)(H,24,29)/t20-/m1/s1. The molecule has 0 saturated heterocycles. The smallest absolute Gasteiger partial charge is 0.338 e. The summed E-state index contributed by atoms with van der Waals surface area (Å²) in [7, 11) is 1.82. The first kappa shape index (κ1) is 22.9. The monoisotopic (exact) mass is 417 g/mol. The van der Waals surface area contributed by atoms with Crippen LogP contribution in [0.25, 0.3) is 0 Å². The second-order valence-electron chi connectivity index (χ2n) is 7.71. The number of rotatable bonds is 8. The number of amides is 1. The topological polar surface area (TPSA) is 70.7 Å². The molecule has 1 atom stereocenters. The normalized spacial score (nSPS) is 16.7. The fraction of sp³-hybridized carbons (Fsp3) is 0.500. The largest absolute Gasteiger partial charge is 0.462 e. The highest BCUT2D eigenvalue weighted by Gasteiger charge is 2.33. The molecule has 1 heterocycles. The maximum Gasteiger partial charge on any atom is 0.338 e. The summed E-state index contributed by atoms with van der Waals surface area (Å²) in [5, 5.41) is 6.69. The van der Waals surface area contributed by atoms with Crippen molar-refractivity contribution in [3.05, 3.63) is 41.1 Å². The molecule has 29 heavy (non-hydrogen) atoms. The number of carbonyl (C=O) groups is 2. The Kier molecular flexibility index (Phi) is 8.20. The summed E-state index contributed by atoms with van der Waals surface area (Å²) in [6.07, 6.45) is 2.31. The Morgan fingerprint density at radius 2 is 2.07 bits per heavy atom. The van der Waals surface area contributed by atoms with Gasteiger partial charge in [0, 0.05) is 24.9 Å². The Labute approximate surface area is 178 Å². The fourth-order valence-corrected chi connectivity index (χ4v) is 3.28. The van der Waals surface area contributed by atoms with Crippen molar-refractivity contribution in [3.63, 3.8) is 0 Å². The van der Waals surface area contributed by atoms with E-state index in [9.17, 15) is 9.59 Å². The van der Waals surface area contributed by atoms with Crippen LogP contribution in [0, 0.1) is 5.92 Å². The maximum atomic E-state index is 12.9. The summed E-state index contributed by atoms with van der Waals surface area (Å²) in [4.78, 5) is 26.7. The quantitative estimate of drug-likeness (QED) is 0.489. The maximum absolute atomic E-state index is 12.9. The van der Waals surface area contributed by atoms with Gasteiger partial charge in [-0.2, -0.15) is 0 Å². The zero-order valence-corrected chi connectivity index (χ0v) is 18.7. The lowest BCUT2D eigenvalue weighted by molar-refractivity contribution is -0.140. The first-order valence-electron chi connectivity index (χ1n) is 10.1. The number of unbranched alkanes of at least 4 members (excludes halogenated alkanes) is 1. The van der Waals surface area contributed by atoms with Crippen LogP contribution in [0.5, 0.6) is 0 Å². The molecular formula is C22H31N3O3S. The molecule has 0 spiro atoms. The molecule has 2 rings (SSSR count). The first-order chi connectivity index (χ1) is 13.7. The van der Waals surface area contributed by atoms with Gasteiger partial charge in [-0.1, -0.05) is 39.3 Å². The van der Waals surface area contributed by atoms with Gasteiger partial charge in [-0.3, -0.25) is 4.79 Å². The van der Waals surface area contributed by atoms with Gasteiger partial charge in [0.05, 0.1) is 18.2 Å². The number of hydrogen-bond acceptors (Lipinski definition) is 4. The molecule has 7 heteroatoms. The molecule has 0 fully saturated rings. The van der Waals surface area contributed by atoms with Crippen molar-refractivity contribution in [2.45, 2.75) is 53.0 Å². The number of esters is 1.